The van der Waals surface area contributed by atoms with Crippen LogP contribution < -0.4 is 10.0 Å². The number of aliphatic imine (C=N–C) groups is 1. The van der Waals surface area contributed by atoms with Gasteiger partial charge in [0.2, 0.25) is 0 Å². The van der Waals surface area contributed by atoms with Crippen LogP contribution in [0.3, 0.4) is 0 Å². The van der Waals surface area contributed by atoms with Crippen molar-refractivity contribution in [3.05, 3.63) is 65.7 Å². The van der Waals surface area contributed by atoms with Crippen LogP contribution in [0.2, 0.25) is 0 Å². The first-order valence-electron chi connectivity index (χ1n) is 8.90. The zero-order valence-corrected chi connectivity index (χ0v) is 16.6. The van der Waals surface area contributed by atoms with E-state index >= 15 is 0 Å². The van der Waals surface area contributed by atoms with Crippen LogP contribution in [-0.4, -0.2) is 19.3 Å². The predicted molar refractivity (Wildman–Crippen MR) is 113 cm³/mol. The summed E-state index contributed by atoms with van der Waals surface area (Å²) in [6.45, 7) is 5.11. The standard InChI is InChI=1S/C21H28FN3S/c1-4-5-20(23-3)15-21(2)12-10-19(14-16(21)11-13-24-26)25-18-8-6-17(22)7-9-18/h4-10,14,24-26H,11-13,15H2,1-3H3/b5-4-,23-20+. The second kappa shape index (κ2) is 9.74. The van der Waals surface area contributed by atoms with Gasteiger partial charge in [0.1, 0.15) is 5.82 Å². The van der Waals surface area contributed by atoms with Crippen LogP contribution in [0.15, 0.2) is 64.8 Å². The Kier molecular flexibility index (Phi) is 7.66. The number of rotatable bonds is 8. The van der Waals surface area contributed by atoms with E-state index in [1.54, 1.807) is 12.1 Å². The highest BCUT2D eigenvalue weighted by Gasteiger charge is 2.31. The highest BCUT2D eigenvalue weighted by atomic mass is 32.1. The molecule has 0 radical (unpaired) electrons. The monoisotopic (exact) mass is 373 g/mol. The highest BCUT2D eigenvalue weighted by molar-refractivity contribution is 7.78. The van der Waals surface area contributed by atoms with E-state index in [4.69, 9.17) is 0 Å². The van der Waals surface area contributed by atoms with Crippen LogP contribution in [-0.2, 0) is 0 Å². The molecular weight excluding hydrogens is 345 g/mol. The van der Waals surface area contributed by atoms with Crippen molar-refractivity contribution in [3.8, 4) is 0 Å². The van der Waals surface area contributed by atoms with Gasteiger partial charge < -0.3 is 5.32 Å². The number of thiol groups is 1. The molecule has 1 aliphatic carbocycles. The Labute approximate surface area is 161 Å². The lowest BCUT2D eigenvalue weighted by Gasteiger charge is -2.35. The Morgan fingerprint density at radius 2 is 2.08 bits per heavy atom. The minimum Gasteiger partial charge on any atom is -0.356 e. The smallest absolute Gasteiger partial charge is 0.123 e. The van der Waals surface area contributed by atoms with Gasteiger partial charge in [0.25, 0.3) is 0 Å². The number of nitrogens with zero attached hydrogens (tertiary/aromatic N) is 1. The van der Waals surface area contributed by atoms with Crippen molar-refractivity contribution in [2.24, 2.45) is 10.4 Å². The summed E-state index contributed by atoms with van der Waals surface area (Å²) in [6, 6.07) is 6.43. The van der Waals surface area contributed by atoms with Crippen molar-refractivity contribution >= 4 is 24.2 Å². The Hall–Kier alpha value is -1.85. The van der Waals surface area contributed by atoms with E-state index in [2.05, 4.69) is 53.0 Å². The van der Waals surface area contributed by atoms with E-state index in [1.165, 1.54) is 17.7 Å². The molecule has 0 heterocycles. The Morgan fingerprint density at radius 3 is 2.69 bits per heavy atom. The van der Waals surface area contributed by atoms with Crippen LogP contribution in [0, 0.1) is 11.2 Å². The molecule has 0 fully saturated rings. The third-order valence-corrected chi connectivity index (χ3v) is 4.96. The van der Waals surface area contributed by atoms with Crippen molar-refractivity contribution in [1.82, 2.24) is 4.72 Å². The molecule has 5 heteroatoms. The summed E-state index contributed by atoms with van der Waals surface area (Å²) in [7, 11) is 1.84. The maximum atomic E-state index is 13.1. The van der Waals surface area contributed by atoms with E-state index in [-0.39, 0.29) is 11.2 Å². The van der Waals surface area contributed by atoms with Crippen LogP contribution in [0.4, 0.5) is 10.1 Å². The van der Waals surface area contributed by atoms with Gasteiger partial charge in [0.05, 0.1) is 0 Å². The van der Waals surface area contributed by atoms with E-state index < -0.39 is 0 Å². The van der Waals surface area contributed by atoms with Gasteiger partial charge in [0, 0.05) is 30.7 Å². The molecule has 0 amide bonds. The molecule has 26 heavy (non-hydrogen) atoms. The lowest BCUT2D eigenvalue weighted by Crippen LogP contribution is -2.27. The lowest BCUT2D eigenvalue weighted by atomic mass is 9.71. The molecule has 1 aromatic rings. The molecule has 0 spiro atoms. The van der Waals surface area contributed by atoms with Crippen LogP contribution in [0.25, 0.3) is 0 Å². The Bertz CT molecular complexity index is 719. The third-order valence-electron chi connectivity index (χ3n) is 4.73. The molecule has 0 aromatic heterocycles. The Balaban J connectivity index is 2.21. The average Bonchev–Trinajstić information content (AvgIpc) is 2.63. The summed E-state index contributed by atoms with van der Waals surface area (Å²) in [6.07, 6.45) is 11.3. The van der Waals surface area contributed by atoms with Crippen LogP contribution >= 0.6 is 12.8 Å². The summed E-state index contributed by atoms with van der Waals surface area (Å²) in [5.41, 5.74) is 4.41. The van der Waals surface area contributed by atoms with Crippen molar-refractivity contribution in [2.75, 3.05) is 18.9 Å². The third kappa shape index (κ3) is 5.58. The zero-order chi connectivity index (χ0) is 19.0. The number of hydrogen-bond acceptors (Lipinski definition) is 4. The van der Waals surface area contributed by atoms with Gasteiger partial charge in [-0.15, -0.1) is 0 Å². The van der Waals surface area contributed by atoms with Crippen molar-refractivity contribution in [1.29, 1.82) is 0 Å². The largest absolute Gasteiger partial charge is 0.356 e. The first-order valence-corrected chi connectivity index (χ1v) is 9.34. The topological polar surface area (TPSA) is 36.4 Å². The lowest BCUT2D eigenvalue weighted by molar-refractivity contribution is 0.400. The van der Waals surface area contributed by atoms with Gasteiger partial charge in [-0.2, -0.15) is 0 Å². The number of anilines is 1. The molecule has 140 valence electrons. The Morgan fingerprint density at radius 1 is 1.35 bits per heavy atom. The number of halogens is 1. The fourth-order valence-electron chi connectivity index (χ4n) is 3.23. The molecule has 0 aliphatic heterocycles. The molecule has 1 atom stereocenters. The van der Waals surface area contributed by atoms with Crippen molar-refractivity contribution in [3.63, 3.8) is 0 Å². The highest BCUT2D eigenvalue weighted by Crippen LogP contribution is 2.41. The second-order valence-corrected chi connectivity index (χ2v) is 7.09. The van der Waals surface area contributed by atoms with Gasteiger partial charge >= 0.3 is 0 Å². The fraction of sp³-hybridized carbons (Fsp3) is 0.381. The minimum atomic E-state index is -0.229. The van der Waals surface area contributed by atoms with Gasteiger partial charge in [-0.05, 0) is 68.0 Å². The van der Waals surface area contributed by atoms with Gasteiger partial charge in [-0.3, -0.25) is 9.71 Å². The molecular formula is C21H28FN3S. The van der Waals surface area contributed by atoms with Crippen LogP contribution in [0.1, 0.15) is 33.1 Å². The number of benzene rings is 1. The van der Waals surface area contributed by atoms with Crippen molar-refractivity contribution in [2.45, 2.75) is 33.1 Å². The summed E-state index contributed by atoms with van der Waals surface area (Å²) in [5.74, 6) is -0.229. The first kappa shape index (κ1) is 20.5. The molecule has 1 unspecified atom stereocenters. The van der Waals surface area contributed by atoms with E-state index in [0.29, 0.717) is 0 Å². The molecule has 3 nitrogen and oxygen atoms in total. The summed E-state index contributed by atoms with van der Waals surface area (Å²) >= 11 is 4.13. The SMILES string of the molecule is C/C=C\C(CC1(C)CC=C(Nc2ccc(F)cc2)C=C1CCNS)=N/C. The minimum absolute atomic E-state index is 0.0208. The van der Waals surface area contributed by atoms with Gasteiger partial charge in [-0.1, -0.05) is 37.5 Å². The van der Waals surface area contributed by atoms with E-state index in [9.17, 15) is 4.39 Å². The number of nitrogens with one attached hydrogen (secondary N) is 2. The van der Waals surface area contributed by atoms with E-state index in [0.717, 1.165) is 42.9 Å². The maximum absolute atomic E-state index is 13.1. The van der Waals surface area contributed by atoms with Crippen LogP contribution in [0.5, 0.6) is 0 Å². The average molecular weight is 374 g/mol. The van der Waals surface area contributed by atoms with Gasteiger partial charge in [0.15, 0.2) is 0 Å². The number of hydrogen-bond donors (Lipinski definition) is 3. The zero-order valence-electron chi connectivity index (χ0n) is 15.7. The molecule has 2 N–H and O–H groups in total. The first-order chi connectivity index (χ1) is 12.5. The quantitative estimate of drug-likeness (QED) is 0.426. The molecule has 0 saturated carbocycles. The van der Waals surface area contributed by atoms with Gasteiger partial charge in [-0.25, -0.2) is 4.39 Å². The summed E-state index contributed by atoms with van der Waals surface area (Å²) in [4.78, 5) is 4.43. The normalized spacial score (nSPS) is 20.9. The molecule has 0 saturated heterocycles. The number of allylic oxidation sites excluding steroid dienone is 4. The van der Waals surface area contributed by atoms with E-state index in [1.807, 2.05) is 20.0 Å². The maximum Gasteiger partial charge on any atom is 0.123 e. The molecule has 2 rings (SSSR count). The summed E-state index contributed by atoms with van der Waals surface area (Å²) < 4.78 is 16.0. The second-order valence-electron chi connectivity index (χ2n) is 6.78. The molecule has 0 bridgehead atoms. The van der Waals surface area contributed by atoms with Crippen molar-refractivity contribution < 1.29 is 4.39 Å². The predicted octanol–water partition coefficient (Wildman–Crippen LogP) is 5.32. The molecule has 1 aromatic carbocycles. The summed E-state index contributed by atoms with van der Waals surface area (Å²) in [5, 5.41) is 3.38. The molecule has 1 aliphatic rings. The fourth-order valence-corrected chi connectivity index (χ4v) is 3.34.